The predicted molar refractivity (Wildman–Crippen MR) is 72.0 cm³/mol. The summed E-state index contributed by atoms with van der Waals surface area (Å²) in [6.45, 7) is 0. The maximum atomic E-state index is 13.3. The van der Waals surface area contributed by atoms with Gasteiger partial charge < -0.3 is 9.47 Å². The third-order valence-corrected chi connectivity index (χ3v) is 2.87. The van der Waals surface area contributed by atoms with Crippen molar-refractivity contribution in [1.82, 2.24) is 0 Å². The molecule has 0 spiro atoms. The van der Waals surface area contributed by atoms with Gasteiger partial charge in [0.15, 0.2) is 0 Å². The number of rotatable bonds is 3. The summed E-state index contributed by atoms with van der Waals surface area (Å²) in [5.41, 5.74) is 0.170. The normalized spacial score (nSPS) is 10.1. The van der Waals surface area contributed by atoms with Gasteiger partial charge in [-0.2, -0.15) is 0 Å². The first-order valence-electron chi connectivity index (χ1n) is 5.41. The molecule has 0 atom stereocenters. The molecular weight excluding hydrogens is 315 g/mol. The van der Waals surface area contributed by atoms with Gasteiger partial charge in [0.05, 0.1) is 7.11 Å². The van der Waals surface area contributed by atoms with Crippen LogP contribution < -0.4 is 4.74 Å². The molecule has 0 heterocycles. The molecule has 2 rings (SSSR count). The molecule has 0 aromatic heterocycles. The van der Waals surface area contributed by atoms with Crippen LogP contribution in [0.1, 0.15) is 10.4 Å². The zero-order valence-electron chi connectivity index (χ0n) is 10.0. The van der Waals surface area contributed by atoms with Crippen molar-refractivity contribution in [3.8, 4) is 11.5 Å². The zero-order chi connectivity index (χ0) is 13.8. The van der Waals surface area contributed by atoms with E-state index in [9.17, 15) is 9.18 Å². The van der Waals surface area contributed by atoms with Gasteiger partial charge in [-0.1, -0.05) is 22.0 Å². The second-order valence-corrected chi connectivity index (χ2v) is 4.61. The summed E-state index contributed by atoms with van der Waals surface area (Å²) in [6, 6.07) is 10.7. The van der Waals surface area contributed by atoms with E-state index in [1.165, 1.54) is 19.2 Å². The number of hydrogen-bond acceptors (Lipinski definition) is 3. The SMILES string of the molecule is COC(=O)c1ccc(F)cc1Oc1cccc(Br)c1. The molecule has 0 aliphatic heterocycles. The molecule has 0 radical (unpaired) electrons. The maximum absolute atomic E-state index is 13.3. The lowest BCUT2D eigenvalue weighted by atomic mass is 10.2. The van der Waals surface area contributed by atoms with Crippen molar-refractivity contribution in [3.05, 3.63) is 58.3 Å². The van der Waals surface area contributed by atoms with E-state index in [2.05, 4.69) is 20.7 Å². The Hall–Kier alpha value is -1.88. The highest BCUT2D eigenvalue weighted by molar-refractivity contribution is 9.10. The van der Waals surface area contributed by atoms with Crippen molar-refractivity contribution in [2.75, 3.05) is 7.11 Å². The van der Waals surface area contributed by atoms with E-state index in [0.717, 1.165) is 10.5 Å². The van der Waals surface area contributed by atoms with Crippen molar-refractivity contribution in [2.24, 2.45) is 0 Å². The Kier molecular flexibility index (Phi) is 4.16. The van der Waals surface area contributed by atoms with Gasteiger partial charge in [0.2, 0.25) is 0 Å². The first-order chi connectivity index (χ1) is 9.10. The van der Waals surface area contributed by atoms with Crippen molar-refractivity contribution in [2.45, 2.75) is 0 Å². The molecule has 98 valence electrons. The monoisotopic (exact) mass is 324 g/mol. The highest BCUT2D eigenvalue weighted by Gasteiger charge is 2.14. The smallest absolute Gasteiger partial charge is 0.341 e. The fraction of sp³-hybridized carbons (Fsp3) is 0.0714. The fourth-order valence-corrected chi connectivity index (χ4v) is 1.89. The first-order valence-corrected chi connectivity index (χ1v) is 6.21. The number of carbonyl (C=O) groups excluding carboxylic acids is 1. The standard InChI is InChI=1S/C14H10BrFO3/c1-18-14(17)12-6-5-10(16)8-13(12)19-11-4-2-3-9(15)7-11/h2-8H,1H3. The number of carbonyl (C=O) groups is 1. The molecule has 3 nitrogen and oxygen atoms in total. The van der Waals surface area contributed by atoms with Crippen molar-refractivity contribution >= 4 is 21.9 Å². The average Bonchev–Trinajstić information content (AvgIpc) is 2.38. The third-order valence-electron chi connectivity index (χ3n) is 2.37. The Bertz CT molecular complexity index is 613. The lowest BCUT2D eigenvalue weighted by Gasteiger charge is -2.10. The Morgan fingerprint density at radius 2 is 2.00 bits per heavy atom. The van der Waals surface area contributed by atoms with Gasteiger partial charge in [0.25, 0.3) is 0 Å². The van der Waals surface area contributed by atoms with Gasteiger partial charge in [0.1, 0.15) is 22.9 Å². The van der Waals surface area contributed by atoms with Crippen LogP contribution in [-0.2, 0) is 4.74 Å². The van der Waals surface area contributed by atoms with Crippen LogP contribution >= 0.6 is 15.9 Å². The second kappa shape index (κ2) is 5.84. The van der Waals surface area contributed by atoms with E-state index in [-0.39, 0.29) is 11.3 Å². The highest BCUT2D eigenvalue weighted by Crippen LogP contribution is 2.28. The van der Waals surface area contributed by atoms with Crippen LogP contribution in [0.5, 0.6) is 11.5 Å². The Morgan fingerprint density at radius 3 is 2.68 bits per heavy atom. The largest absolute Gasteiger partial charge is 0.465 e. The Labute approximate surface area is 118 Å². The molecule has 0 saturated carbocycles. The molecule has 2 aromatic carbocycles. The molecule has 0 bridgehead atoms. The molecule has 2 aromatic rings. The molecule has 5 heteroatoms. The zero-order valence-corrected chi connectivity index (χ0v) is 11.6. The third kappa shape index (κ3) is 3.32. The van der Waals surface area contributed by atoms with Gasteiger partial charge in [0, 0.05) is 10.5 Å². The Morgan fingerprint density at radius 1 is 1.21 bits per heavy atom. The maximum Gasteiger partial charge on any atom is 0.341 e. The molecule has 0 N–H and O–H groups in total. The van der Waals surface area contributed by atoms with E-state index in [0.29, 0.717) is 5.75 Å². The van der Waals surface area contributed by atoms with E-state index in [4.69, 9.17) is 4.74 Å². The number of ether oxygens (including phenoxy) is 2. The van der Waals surface area contributed by atoms with Gasteiger partial charge in [-0.3, -0.25) is 0 Å². The van der Waals surface area contributed by atoms with Crippen LogP contribution in [0.15, 0.2) is 46.9 Å². The van der Waals surface area contributed by atoms with Crippen LogP contribution in [-0.4, -0.2) is 13.1 Å². The number of hydrogen-bond donors (Lipinski definition) is 0. The highest BCUT2D eigenvalue weighted by atomic mass is 79.9. The summed E-state index contributed by atoms with van der Waals surface area (Å²) in [7, 11) is 1.26. The lowest BCUT2D eigenvalue weighted by Crippen LogP contribution is -2.04. The number of methoxy groups -OCH3 is 1. The van der Waals surface area contributed by atoms with E-state index >= 15 is 0 Å². The van der Waals surface area contributed by atoms with E-state index in [1.807, 2.05) is 6.07 Å². The van der Waals surface area contributed by atoms with Crippen LogP contribution in [0.4, 0.5) is 4.39 Å². The van der Waals surface area contributed by atoms with Gasteiger partial charge in [-0.05, 0) is 30.3 Å². The molecule has 0 unspecified atom stereocenters. The van der Waals surface area contributed by atoms with Gasteiger partial charge >= 0.3 is 5.97 Å². The predicted octanol–water partition coefficient (Wildman–Crippen LogP) is 4.17. The summed E-state index contributed by atoms with van der Waals surface area (Å²) in [5, 5.41) is 0. The summed E-state index contributed by atoms with van der Waals surface area (Å²) in [4.78, 5) is 11.6. The minimum Gasteiger partial charge on any atom is -0.465 e. The number of esters is 1. The van der Waals surface area contributed by atoms with Crippen molar-refractivity contribution < 1.29 is 18.7 Å². The summed E-state index contributed by atoms with van der Waals surface area (Å²) in [5.74, 6) is -0.460. The van der Waals surface area contributed by atoms with E-state index in [1.54, 1.807) is 18.2 Å². The van der Waals surface area contributed by atoms with Crippen LogP contribution in [0.3, 0.4) is 0 Å². The molecular formula is C14H10BrFO3. The Balaban J connectivity index is 2.38. The minimum atomic E-state index is -0.579. The minimum absolute atomic E-state index is 0.116. The molecule has 19 heavy (non-hydrogen) atoms. The lowest BCUT2D eigenvalue weighted by molar-refractivity contribution is 0.0598. The average molecular weight is 325 g/mol. The van der Waals surface area contributed by atoms with Crippen LogP contribution in [0, 0.1) is 5.82 Å². The number of benzene rings is 2. The fourth-order valence-electron chi connectivity index (χ4n) is 1.52. The summed E-state index contributed by atoms with van der Waals surface area (Å²) >= 11 is 3.31. The van der Waals surface area contributed by atoms with Gasteiger partial charge in [-0.25, -0.2) is 9.18 Å². The summed E-state index contributed by atoms with van der Waals surface area (Å²) < 4.78 is 24.2. The molecule has 0 aliphatic carbocycles. The van der Waals surface area contributed by atoms with Crippen molar-refractivity contribution in [3.63, 3.8) is 0 Å². The quantitative estimate of drug-likeness (QED) is 0.795. The molecule has 0 aliphatic rings. The second-order valence-electron chi connectivity index (χ2n) is 3.69. The number of halogens is 2. The first kappa shape index (κ1) is 13.5. The topological polar surface area (TPSA) is 35.5 Å². The van der Waals surface area contributed by atoms with E-state index < -0.39 is 11.8 Å². The van der Waals surface area contributed by atoms with Crippen LogP contribution in [0.25, 0.3) is 0 Å². The van der Waals surface area contributed by atoms with Crippen molar-refractivity contribution in [1.29, 1.82) is 0 Å². The van der Waals surface area contributed by atoms with Gasteiger partial charge in [-0.15, -0.1) is 0 Å². The van der Waals surface area contributed by atoms with Crippen LogP contribution in [0.2, 0.25) is 0 Å². The molecule has 0 amide bonds. The molecule has 0 saturated heterocycles. The summed E-state index contributed by atoms with van der Waals surface area (Å²) in [6.07, 6.45) is 0. The molecule has 0 fully saturated rings.